The Kier molecular flexibility index (Phi) is 4.19. The van der Waals surface area contributed by atoms with Gasteiger partial charge in [0.2, 0.25) is 0 Å². The van der Waals surface area contributed by atoms with Gasteiger partial charge in [-0.1, -0.05) is 34.1 Å². The zero-order chi connectivity index (χ0) is 14.8. The summed E-state index contributed by atoms with van der Waals surface area (Å²) < 4.78 is 6.10. The summed E-state index contributed by atoms with van der Waals surface area (Å²) in [5.41, 5.74) is 1.07. The molecule has 5 nitrogen and oxygen atoms in total. The number of para-hydroxylation sites is 1. The van der Waals surface area contributed by atoms with E-state index in [9.17, 15) is 9.90 Å². The van der Waals surface area contributed by atoms with Gasteiger partial charge < -0.3 is 15.2 Å². The molecule has 2 aromatic rings. The monoisotopic (exact) mass is 350 g/mol. The first-order chi connectivity index (χ1) is 10.1. The van der Waals surface area contributed by atoms with Crippen LogP contribution in [0.15, 0.2) is 34.8 Å². The first-order valence-corrected chi connectivity index (χ1v) is 7.56. The van der Waals surface area contributed by atoms with E-state index in [0.717, 1.165) is 15.4 Å². The van der Waals surface area contributed by atoms with E-state index in [1.807, 2.05) is 24.3 Å². The molecule has 21 heavy (non-hydrogen) atoms. The van der Waals surface area contributed by atoms with E-state index in [1.165, 1.54) is 0 Å². The third kappa shape index (κ3) is 3.07. The topological polar surface area (TPSA) is 71.5 Å². The first kappa shape index (κ1) is 14.4. The quantitative estimate of drug-likeness (QED) is 0.867. The minimum absolute atomic E-state index is 0.309. The molecule has 6 heteroatoms. The van der Waals surface area contributed by atoms with Crippen molar-refractivity contribution < 1.29 is 14.6 Å². The fraction of sp³-hybridized carbons (Fsp3) is 0.333. The average Bonchev–Trinajstić information content (AvgIpc) is 2.49. The number of rotatable bonds is 2. The van der Waals surface area contributed by atoms with Crippen LogP contribution in [0.2, 0.25) is 0 Å². The van der Waals surface area contributed by atoms with Crippen molar-refractivity contribution in [2.75, 3.05) is 13.2 Å². The number of benzene rings is 1. The van der Waals surface area contributed by atoms with Crippen LogP contribution in [-0.4, -0.2) is 41.4 Å². The lowest BCUT2D eigenvalue weighted by Crippen LogP contribution is -2.49. The molecule has 2 atom stereocenters. The van der Waals surface area contributed by atoms with Crippen molar-refractivity contribution in [1.82, 2.24) is 10.3 Å². The van der Waals surface area contributed by atoms with Crippen LogP contribution in [0.3, 0.4) is 0 Å². The van der Waals surface area contributed by atoms with Gasteiger partial charge in [-0.2, -0.15) is 0 Å². The number of pyridine rings is 1. The predicted molar refractivity (Wildman–Crippen MR) is 82.1 cm³/mol. The van der Waals surface area contributed by atoms with Crippen molar-refractivity contribution in [2.45, 2.75) is 18.6 Å². The number of nitrogens with zero attached hydrogens (tertiary/aromatic N) is 1. The molecule has 0 spiro atoms. The lowest BCUT2D eigenvalue weighted by atomic mass is 10.1. The molecule has 2 unspecified atom stereocenters. The Bertz CT molecular complexity index is 677. The second-order valence-electron chi connectivity index (χ2n) is 5.02. The molecule has 1 saturated heterocycles. The number of fused-ring (bicyclic) bond motifs is 1. The van der Waals surface area contributed by atoms with Gasteiger partial charge in [0.25, 0.3) is 5.91 Å². The Labute approximate surface area is 130 Å². The minimum atomic E-state index is -0.577. The normalized spacial score (nSPS) is 22.2. The van der Waals surface area contributed by atoms with E-state index in [0.29, 0.717) is 25.3 Å². The maximum Gasteiger partial charge on any atom is 0.270 e. The molecular formula is C15H15BrN2O3. The van der Waals surface area contributed by atoms with Crippen molar-refractivity contribution in [2.24, 2.45) is 0 Å². The summed E-state index contributed by atoms with van der Waals surface area (Å²) in [7, 11) is 0. The van der Waals surface area contributed by atoms with Crippen LogP contribution < -0.4 is 5.32 Å². The van der Waals surface area contributed by atoms with Gasteiger partial charge >= 0.3 is 0 Å². The highest BCUT2D eigenvalue weighted by Crippen LogP contribution is 2.23. The Hall–Kier alpha value is -1.50. The van der Waals surface area contributed by atoms with E-state index in [4.69, 9.17) is 4.74 Å². The van der Waals surface area contributed by atoms with Gasteiger partial charge in [-0.15, -0.1) is 0 Å². The zero-order valence-electron chi connectivity index (χ0n) is 11.3. The van der Waals surface area contributed by atoms with Crippen LogP contribution in [0, 0.1) is 0 Å². The fourth-order valence-electron chi connectivity index (χ4n) is 2.36. The molecule has 1 aliphatic rings. The van der Waals surface area contributed by atoms with Gasteiger partial charge in [0.05, 0.1) is 24.3 Å². The number of hydrogen-bond acceptors (Lipinski definition) is 4. The predicted octanol–water partition coefficient (Wildman–Crippen LogP) is 1.88. The van der Waals surface area contributed by atoms with Crippen LogP contribution in [0.5, 0.6) is 0 Å². The molecule has 0 aliphatic carbocycles. The van der Waals surface area contributed by atoms with Gasteiger partial charge in [-0.25, -0.2) is 4.98 Å². The summed E-state index contributed by atoms with van der Waals surface area (Å²) >= 11 is 3.46. The third-order valence-electron chi connectivity index (χ3n) is 3.53. The summed E-state index contributed by atoms with van der Waals surface area (Å²) in [6.07, 6.45) is -0.0497. The van der Waals surface area contributed by atoms with E-state index >= 15 is 0 Å². The number of aliphatic hydroxyl groups excluding tert-OH is 1. The molecule has 0 radical (unpaired) electrons. The first-order valence-electron chi connectivity index (χ1n) is 6.77. The zero-order valence-corrected chi connectivity index (χ0v) is 12.8. The van der Waals surface area contributed by atoms with Crippen LogP contribution >= 0.6 is 15.9 Å². The molecule has 1 amide bonds. The molecule has 0 bridgehead atoms. The molecule has 110 valence electrons. The number of aliphatic hydroxyl groups is 1. The van der Waals surface area contributed by atoms with Crippen LogP contribution in [0.25, 0.3) is 10.9 Å². The van der Waals surface area contributed by atoms with Crippen molar-refractivity contribution in [3.63, 3.8) is 0 Å². The number of hydrogen-bond donors (Lipinski definition) is 2. The molecule has 2 N–H and O–H groups in total. The van der Waals surface area contributed by atoms with Crippen molar-refractivity contribution in [1.29, 1.82) is 0 Å². The van der Waals surface area contributed by atoms with Crippen molar-refractivity contribution in [3.8, 4) is 0 Å². The molecule has 2 heterocycles. The molecule has 1 fully saturated rings. The Morgan fingerprint density at radius 2 is 2.24 bits per heavy atom. The van der Waals surface area contributed by atoms with E-state index in [2.05, 4.69) is 26.2 Å². The second-order valence-corrected chi connectivity index (χ2v) is 5.87. The lowest BCUT2D eigenvalue weighted by molar-refractivity contribution is -0.0140. The smallest absolute Gasteiger partial charge is 0.270 e. The SMILES string of the molecule is O=C(NC1COCCC1O)c1cc(Br)c2ccccc2n1. The number of carbonyl (C=O) groups excluding carboxylic acids is 1. The third-order valence-corrected chi connectivity index (χ3v) is 4.19. The molecule has 3 rings (SSSR count). The van der Waals surface area contributed by atoms with Gasteiger partial charge in [0, 0.05) is 16.5 Å². The largest absolute Gasteiger partial charge is 0.391 e. The van der Waals surface area contributed by atoms with Gasteiger partial charge in [0.15, 0.2) is 0 Å². The lowest BCUT2D eigenvalue weighted by Gasteiger charge is -2.28. The average molecular weight is 351 g/mol. The van der Waals surface area contributed by atoms with Gasteiger partial charge in [-0.05, 0) is 18.6 Å². The second kappa shape index (κ2) is 6.09. The van der Waals surface area contributed by atoms with E-state index in [-0.39, 0.29) is 5.91 Å². The van der Waals surface area contributed by atoms with Gasteiger partial charge in [-0.3, -0.25) is 4.79 Å². The number of ether oxygens (including phenoxy) is 1. The summed E-state index contributed by atoms with van der Waals surface area (Å²) in [5, 5.41) is 13.6. The van der Waals surface area contributed by atoms with Crippen LogP contribution in [0.1, 0.15) is 16.9 Å². The standard InChI is InChI=1S/C15H15BrN2O3/c16-10-7-12(17-11-4-2-1-3-9(10)11)15(20)18-13-8-21-6-5-14(13)19/h1-4,7,13-14,19H,5-6,8H2,(H,18,20). The molecule has 1 aromatic heterocycles. The fourth-order valence-corrected chi connectivity index (χ4v) is 2.91. The summed E-state index contributed by atoms with van der Waals surface area (Å²) in [6, 6.07) is 8.89. The molecule has 1 aromatic carbocycles. The Morgan fingerprint density at radius 1 is 1.43 bits per heavy atom. The van der Waals surface area contributed by atoms with E-state index in [1.54, 1.807) is 6.07 Å². The Balaban J connectivity index is 1.84. The number of halogens is 1. The number of aromatic nitrogens is 1. The number of amides is 1. The van der Waals surface area contributed by atoms with Crippen LogP contribution in [0.4, 0.5) is 0 Å². The van der Waals surface area contributed by atoms with Crippen molar-refractivity contribution >= 4 is 32.7 Å². The minimum Gasteiger partial charge on any atom is -0.391 e. The van der Waals surface area contributed by atoms with E-state index < -0.39 is 12.1 Å². The van der Waals surface area contributed by atoms with Crippen LogP contribution in [-0.2, 0) is 4.74 Å². The summed E-state index contributed by atoms with van der Waals surface area (Å²) in [6.45, 7) is 0.842. The maximum absolute atomic E-state index is 12.3. The molecule has 1 aliphatic heterocycles. The summed E-state index contributed by atoms with van der Waals surface area (Å²) in [5.74, 6) is -0.309. The molecule has 0 saturated carbocycles. The highest BCUT2D eigenvalue weighted by molar-refractivity contribution is 9.10. The number of carbonyl (C=O) groups is 1. The highest BCUT2D eigenvalue weighted by Gasteiger charge is 2.26. The number of nitrogens with one attached hydrogen (secondary N) is 1. The molecular weight excluding hydrogens is 336 g/mol. The maximum atomic E-state index is 12.3. The van der Waals surface area contributed by atoms with Gasteiger partial charge in [0.1, 0.15) is 5.69 Å². The highest BCUT2D eigenvalue weighted by atomic mass is 79.9. The summed E-state index contributed by atoms with van der Waals surface area (Å²) in [4.78, 5) is 16.7. The Morgan fingerprint density at radius 3 is 3.05 bits per heavy atom. The van der Waals surface area contributed by atoms with Crippen molar-refractivity contribution in [3.05, 3.63) is 40.5 Å².